The molecule has 31 heavy (non-hydrogen) atoms. The molecule has 4 rings (SSSR count). The molecule has 0 aromatic heterocycles. The van der Waals surface area contributed by atoms with Gasteiger partial charge in [0.1, 0.15) is 0 Å². The molecule has 0 bridgehead atoms. The van der Waals surface area contributed by atoms with Gasteiger partial charge in [-0.25, -0.2) is 4.79 Å². The molecular weight excluding hydrogens is 409 g/mol. The highest BCUT2D eigenvalue weighted by Gasteiger charge is 2.53. The van der Waals surface area contributed by atoms with E-state index in [0.717, 1.165) is 11.1 Å². The van der Waals surface area contributed by atoms with Gasteiger partial charge < -0.3 is 9.47 Å². The third kappa shape index (κ3) is 5.08. The highest BCUT2D eigenvalue weighted by atomic mass is 19.4. The maximum absolute atomic E-state index is 13.1. The molecule has 0 saturated carbocycles. The first-order valence-corrected chi connectivity index (χ1v) is 10.4. The second-order valence-electron chi connectivity index (χ2n) is 8.04. The number of nitrogens with one attached hydrogen (secondary N) is 2. The van der Waals surface area contributed by atoms with Crippen molar-refractivity contribution in [2.45, 2.75) is 43.4 Å². The Morgan fingerprint density at radius 2 is 1.42 bits per heavy atom. The Hall–Kier alpha value is -2.42. The van der Waals surface area contributed by atoms with Gasteiger partial charge in [0.2, 0.25) is 5.85 Å². The number of hydrogen-bond donors (Lipinski definition) is 2. The second kappa shape index (κ2) is 8.98. The summed E-state index contributed by atoms with van der Waals surface area (Å²) in [5, 5.41) is 6.45. The first-order chi connectivity index (χ1) is 14.9. The lowest BCUT2D eigenvalue weighted by Gasteiger charge is -2.35. The summed E-state index contributed by atoms with van der Waals surface area (Å²) >= 11 is 0. The van der Waals surface area contributed by atoms with Crippen LogP contribution in [0.25, 0.3) is 0 Å². The van der Waals surface area contributed by atoms with Crippen LogP contribution in [0.1, 0.15) is 42.5 Å². The molecule has 166 valence electrons. The monoisotopic (exact) mass is 434 g/mol. The van der Waals surface area contributed by atoms with Crippen molar-refractivity contribution >= 4 is 5.97 Å². The SMILES string of the molecule is O=C(OC1(CC2CCOCC2)NC(c2ccccc2)C(c2ccccc2)N1)C(F)(F)F. The molecule has 2 aliphatic rings. The maximum atomic E-state index is 13.1. The average molecular weight is 434 g/mol. The smallest absolute Gasteiger partial charge is 0.424 e. The highest BCUT2D eigenvalue weighted by molar-refractivity contribution is 5.76. The van der Waals surface area contributed by atoms with Crippen LogP contribution >= 0.6 is 0 Å². The molecule has 2 aromatic carbocycles. The fourth-order valence-electron chi connectivity index (χ4n) is 4.37. The number of carbonyl (C=O) groups is 1. The van der Waals surface area contributed by atoms with Gasteiger partial charge in [-0.2, -0.15) is 13.2 Å². The van der Waals surface area contributed by atoms with Crippen molar-refractivity contribution < 1.29 is 27.4 Å². The van der Waals surface area contributed by atoms with Crippen LogP contribution in [0.4, 0.5) is 13.2 Å². The van der Waals surface area contributed by atoms with E-state index in [0.29, 0.717) is 26.1 Å². The minimum absolute atomic E-state index is 0.0562. The van der Waals surface area contributed by atoms with E-state index in [9.17, 15) is 18.0 Å². The number of ether oxygens (including phenoxy) is 2. The van der Waals surface area contributed by atoms with Gasteiger partial charge in [-0.3, -0.25) is 10.6 Å². The maximum Gasteiger partial charge on any atom is 0.491 e. The normalized spacial score (nSPS) is 27.2. The van der Waals surface area contributed by atoms with Crippen molar-refractivity contribution in [1.82, 2.24) is 10.6 Å². The first kappa shape index (κ1) is 21.8. The van der Waals surface area contributed by atoms with Crippen molar-refractivity contribution in [1.29, 1.82) is 0 Å². The van der Waals surface area contributed by atoms with Gasteiger partial charge in [-0.1, -0.05) is 60.7 Å². The van der Waals surface area contributed by atoms with Gasteiger partial charge in [0.15, 0.2) is 0 Å². The number of esters is 1. The van der Waals surface area contributed by atoms with Crippen LogP contribution in [0.15, 0.2) is 60.7 Å². The van der Waals surface area contributed by atoms with Crippen LogP contribution in [-0.2, 0) is 14.3 Å². The highest BCUT2D eigenvalue weighted by Crippen LogP contribution is 2.41. The van der Waals surface area contributed by atoms with E-state index in [1.165, 1.54) is 0 Å². The molecule has 2 heterocycles. The lowest BCUT2D eigenvalue weighted by Crippen LogP contribution is -2.56. The quantitative estimate of drug-likeness (QED) is 0.690. The van der Waals surface area contributed by atoms with Crippen LogP contribution in [0.3, 0.4) is 0 Å². The standard InChI is InChI=1S/C23H25F3N2O3/c24-23(25,26)21(29)31-22(15-16-11-13-30-14-12-16)27-19(17-7-3-1-4-8-17)20(28-22)18-9-5-2-6-10-18/h1-10,16,19-20,27-28H,11-15H2. The summed E-state index contributed by atoms with van der Waals surface area (Å²) in [4.78, 5) is 11.9. The topological polar surface area (TPSA) is 59.6 Å². The van der Waals surface area contributed by atoms with Gasteiger partial charge in [0.05, 0.1) is 12.1 Å². The molecule has 0 spiro atoms. The van der Waals surface area contributed by atoms with E-state index in [-0.39, 0.29) is 24.4 Å². The van der Waals surface area contributed by atoms with Gasteiger partial charge in [0.25, 0.3) is 0 Å². The number of benzene rings is 2. The molecule has 2 unspecified atom stereocenters. The van der Waals surface area contributed by atoms with Crippen LogP contribution < -0.4 is 10.6 Å². The molecule has 8 heteroatoms. The number of rotatable bonds is 5. The zero-order chi connectivity index (χ0) is 21.9. The van der Waals surface area contributed by atoms with Crippen LogP contribution in [0.2, 0.25) is 0 Å². The molecule has 2 aliphatic heterocycles. The number of hydrogen-bond acceptors (Lipinski definition) is 5. The van der Waals surface area contributed by atoms with E-state index >= 15 is 0 Å². The predicted molar refractivity (Wildman–Crippen MR) is 108 cm³/mol. The Morgan fingerprint density at radius 3 is 1.87 bits per heavy atom. The lowest BCUT2D eigenvalue weighted by atomic mass is 9.93. The van der Waals surface area contributed by atoms with Crippen molar-refractivity contribution in [3.8, 4) is 0 Å². The van der Waals surface area contributed by atoms with Crippen LogP contribution in [-0.4, -0.2) is 31.2 Å². The van der Waals surface area contributed by atoms with Gasteiger partial charge in [-0.15, -0.1) is 0 Å². The van der Waals surface area contributed by atoms with E-state index in [1.807, 2.05) is 60.7 Å². The fraction of sp³-hybridized carbons (Fsp3) is 0.435. The summed E-state index contributed by atoms with van der Waals surface area (Å²) in [6.45, 7) is 1.08. The average Bonchev–Trinajstić information content (AvgIpc) is 3.14. The summed E-state index contributed by atoms with van der Waals surface area (Å²) in [5.41, 5.74) is 1.78. The largest absolute Gasteiger partial charge is 0.491 e. The number of carbonyl (C=O) groups excluding carboxylic acids is 1. The summed E-state index contributed by atoms with van der Waals surface area (Å²) in [5.74, 6) is -3.80. The third-order valence-corrected chi connectivity index (χ3v) is 5.84. The first-order valence-electron chi connectivity index (χ1n) is 10.4. The third-order valence-electron chi connectivity index (χ3n) is 5.84. The molecule has 0 radical (unpaired) electrons. The van der Waals surface area contributed by atoms with E-state index < -0.39 is 18.0 Å². The Labute approximate surface area is 178 Å². The Balaban J connectivity index is 1.70. The van der Waals surface area contributed by atoms with Gasteiger partial charge in [-0.05, 0) is 29.9 Å². The van der Waals surface area contributed by atoms with E-state index in [1.54, 1.807) is 0 Å². The van der Waals surface area contributed by atoms with Crippen molar-refractivity contribution in [3.05, 3.63) is 71.8 Å². The van der Waals surface area contributed by atoms with Crippen LogP contribution in [0, 0.1) is 5.92 Å². The molecule has 2 aromatic rings. The summed E-state index contributed by atoms with van der Waals surface area (Å²) in [6.07, 6.45) is -3.48. The van der Waals surface area contributed by atoms with E-state index in [4.69, 9.17) is 9.47 Å². The van der Waals surface area contributed by atoms with E-state index in [2.05, 4.69) is 10.6 Å². The van der Waals surface area contributed by atoms with Crippen molar-refractivity contribution in [3.63, 3.8) is 0 Å². The summed E-state index contributed by atoms with van der Waals surface area (Å²) in [6, 6.07) is 18.1. The summed E-state index contributed by atoms with van der Waals surface area (Å²) in [7, 11) is 0. The van der Waals surface area contributed by atoms with Crippen molar-refractivity contribution in [2.75, 3.05) is 13.2 Å². The molecule has 0 amide bonds. The second-order valence-corrected chi connectivity index (χ2v) is 8.04. The molecule has 0 aliphatic carbocycles. The number of alkyl halides is 3. The van der Waals surface area contributed by atoms with Crippen LogP contribution in [0.5, 0.6) is 0 Å². The zero-order valence-corrected chi connectivity index (χ0v) is 16.9. The van der Waals surface area contributed by atoms with Gasteiger partial charge >= 0.3 is 12.1 Å². The van der Waals surface area contributed by atoms with Gasteiger partial charge in [0, 0.05) is 19.6 Å². The molecule has 2 atom stereocenters. The molecule has 5 nitrogen and oxygen atoms in total. The fourth-order valence-corrected chi connectivity index (χ4v) is 4.37. The molecular formula is C23H25F3N2O3. The minimum atomic E-state index is -5.08. The zero-order valence-electron chi connectivity index (χ0n) is 16.9. The Bertz CT molecular complexity index is 823. The Morgan fingerprint density at radius 1 is 0.935 bits per heavy atom. The minimum Gasteiger partial charge on any atom is -0.424 e. The molecule has 2 N–H and O–H groups in total. The lowest BCUT2D eigenvalue weighted by molar-refractivity contribution is -0.221. The molecule has 2 saturated heterocycles. The predicted octanol–water partition coefficient (Wildman–Crippen LogP) is 4.24. The van der Waals surface area contributed by atoms with Crippen molar-refractivity contribution in [2.24, 2.45) is 5.92 Å². The molecule has 2 fully saturated rings. The Kier molecular flexibility index (Phi) is 6.31. The number of halogens is 3. The summed E-state index contributed by atoms with van der Waals surface area (Å²) < 4.78 is 50.0.